The van der Waals surface area contributed by atoms with Gasteiger partial charge in [0, 0.05) is 4.91 Å². The van der Waals surface area contributed by atoms with Gasteiger partial charge in [0.15, 0.2) is 0 Å². The van der Waals surface area contributed by atoms with Crippen LogP contribution in [0.2, 0.25) is 0 Å². The Balaban J connectivity index is 2.91. The van der Waals surface area contributed by atoms with Gasteiger partial charge in [-0.25, -0.2) is 8.42 Å². The molecule has 0 atom stereocenters. The fourth-order valence-electron chi connectivity index (χ4n) is 2.16. The maximum absolute atomic E-state index is 12.3. The van der Waals surface area contributed by atoms with Crippen LogP contribution in [0.15, 0.2) is 46.7 Å². The fraction of sp³-hybridized carbons (Fsp3) is 0.467. The van der Waals surface area contributed by atoms with Crippen LogP contribution in [0.5, 0.6) is 0 Å². The van der Waals surface area contributed by atoms with E-state index in [-0.39, 0.29) is 5.41 Å². The number of allylic oxidation sites excluding steroid dienone is 1. The highest BCUT2D eigenvalue weighted by molar-refractivity contribution is 7.95. The Morgan fingerprint density at radius 3 is 2.28 bits per heavy atom. The second kappa shape index (κ2) is 5.70. The maximum atomic E-state index is 12.3. The first kappa shape index (κ1) is 15.0. The number of rotatable bonds is 6. The van der Waals surface area contributed by atoms with Gasteiger partial charge in [0.25, 0.3) is 0 Å². The van der Waals surface area contributed by atoms with Crippen LogP contribution in [-0.4, -0.2) is 8.42 Å². The van der Waals surface area contributed by atoms with Gasteiger partial charge in [0.2, 0.25) is 9.84 Å². The molecule has 0 radical (unpaired) electrons. The van der Waals surface area contributed by atoms with Crippen molar-refractivity contribution in [2.75, 3.05) is 0 Å². The Morgan fingerprint density at radius 2 is 1.78 bits per heavy atom. The van der Waals surface area contributed by atoms with E-state index in [0.717, 1.165) is 12.8 Å². The quantitative estimate of drug-likeness (QED) is 0.773. The number of hydrogen-bond acceptors (Lipinski definition) is 2. The third kappa shape index (κ3) is 3.70. The van der Waals surface area contributed by atoms with Crippen LogP contribution in [-0.2, 0) is 9.84 Å². The molecule has 3 heteroatoms. The lowest BCUT2D eigenvalue weighted by Crippen LogP contribution is -2.15. The van der Waals surface area contributed by atoms with Gasteiger partial charge < -0.3 is 0 Å². The van der Waals surface area contributed by atoms with Crippen molar-refractivity contribution in [2.45, 2.75) is 44.9 Å². The normalized spacial score (nSPS) is 12.4. The largest absolute Gasteiger partial charge is 0.219 e. The molecule has 0 aromatic heterocycles. The van der Waals surface area contributed by atoms with Crippen molar-refractivity contribution in [1.29, 1.82) is 0 Å². The van der Waals surface area contributed by atoms with Crippen LogP contribution >= 0.6 is 0 Å². The highest BCUT2D eigenvalue weighted by Gasteiger charge is 2.25. The average Bonchev–Trinajstić information content (AvgIpc) is 2.29. The zero-order valence-electron chi connectivity index (χ0n) is 11.4. The predicted octanol–water partition coefficient (Wildman–Crippen LogP) is 4.19. The van der Waals surface area contributed by atoms with Gasteiger partial charge in [-0.2, -0.15) is 0 Å². The summed E-state index contributed by atoms with van der Waals surface area (Å²) in [7, 11) is -3.38. The monoisotopic (exact) mass is 266 g/mol. The Morgan fingerprint density at radius 1 is 1.22 bits per heavy atom. The molecule has 18 heavy (non-hydrogen) atoms. The zero-order valence-corrected chi connectivity index (χ0v) is 12.3. The zero-order chi connectivity index (χ0) is 13.8. The van der Waals surface area contributed by atoms with E-state index in [1.54, 1.807) is 24.3 Å². The van der Waals surface area contributed by atoms with Crippen LogP contribution in [0, 0.1) is 5.41 Å². The average molecular weight is 266 g/mol. The third-order valence-electron chi connectivity index (χ3n) is 3.04. The van der Waals surface area contributed by atoms with Crippen molar-refractivity contribution in [3.8, 4) is 0 Å². The minimum Gasteiger partial charge on any atom is -0.219 e. The van der Waals surface area contributed by atoms with E-state index in [0.29, 0.717) is 16.2 Å². The summed E-state index contributed by atoms with van der Waals surface area (Å²) < 4.78 is 24.6. The molecule has 0 saturated carbocycles. The van der Waals surface area contributed by atoms with E-state index >= 15 is 0 Å². The van der Waals surface area contributed by atoms with Crippen molar-refractivity contribution in [1.82, 2.24) is 0 Å². The number of benzene rings is 1. The fourth-order valence-corrected chi connectivity index (χ4v) is 3.59. The molecule has 0 heterocycles. The highest BCUT2D eigenvalue weighted by atomic mass is 32.2. The molecule has 100 valence electrons. The molecule has 0 saturated heterocycles. The lowest BCUT2D eigenvalue weighted by atomic mass is 9.85. The molecular formula is C15H22O2S. The van der Waals surface area contributed by atoms with E-state index in [2.05, 4.69) is 27.4 Å². The molecule has 0 spiro atoms. The topological polar surface area (TPSA) is 34.1 Å². The first-order chi connectivity index (χ1) is 8.29. The molecule has 0 amide bonds. The minimum absolute atomic E-state index is 0.0202. The van der Waals surface area contributed by atoms with Gasteiger partial charge >= 0.3 is 0 Å². The summed E-state index contributed by atoms with van der Waals surface area (Å²) in [5, 5.41) is 0. The Kier molecular flexibility index (Phi) is 4.74. The van der Waals surface area contributed by atoms with Crippen LogP contribution < -0.4 is 0 Å². The molecule has 1 aromatic carbocycles. The molecule has 1 rings (SSSR count). The smallest absolute Gasteiger partial charge is 0.202 e. The molecular weight excluding hydrogens is 244 g/mol. The summed E-state index contributed by atoms with van der Waals surface area (Å²) >= 11 is 0. The minimum atomic E-state index is -3.38. The van der Waals surface area contributed by atoms with Crippen molar-refractivity contribution < 1.29 is 8.42 Å². The van der Waals surface area contributed by atoms with Crippen LogP contribution in [0.1, 0.15) is 40.0 Å². The summed E-state index contributed by atoms with van der Waals surface area (Å²) in [4.78, 5) is 0.648. The number of sulfone groups is 1. The Labute approximate surface area is 111 Å². The first-order valence-electron chi connectivity index (χ1n) is 6.27. The van der Waals surface area contributed by atoms with Crippen molar-refractivity contribution in [3.05, 3.63) is 41.8 Å². The lowest BCUT2D eigenvalue weighted by molar-refractivity contribution is 0.332. The van der Waals surface area contributed by atoms with Crippen LogP contribution in [0.4, 0.5) is 0 Å². The highest BCUT2D eigenvalue weighted by Crippen LogP contribution is 2.33. The van der Waals surface area contributed by atoms with Crippen LogP contribution in [0.3, 0.4) is 0 Å². The first-order valence-corrected chi connectivity index (χ1v) is 7.76. The van der Waals surface area contributed by atoms with E-state index in [9.17, 15) is 8.42 Å². The summed E-state index contributed by atoms with van der Waals surface area (Å²) in [5.41, 5.74) is -0.0202. The molecule has 0 bridgehead atoms. The molecule has 0 unspecified atom stereocenters. The summed E-state index contributed by atoms with van der Waals surface area (Å²) in [5.74, 6) is 0. The lowest BCUT2D eigenvalue weighted by Gasteiger charge is -2.24. The molecule has 1 aromatic rings. The Bertz CT molecular complexity index is 499. The summed E-state index contributed by atoms with van der Waals surface area (Å²) in [6.45, 7) is 10.1. The van der Waals surface area contributed by atoms with Gasteiger partial charge in [-0.15, -0.1) is 0 Å². The van der Waals surface area contributed by atoms with E-state index in [4.69, 9.17) is 0 Å². The van der Waals surface area contributed by atoms with E-state index in [1.165, 1.54) is 0 Å². The van der Waals surface area contributed by atoms with Crippen molar-refractivity contribution in [2.24, 2.45) is 5.41 Å². The van der Waals surface area contributed by atoms with Gasteiger partial charge in [0.1, 0.15) is 0 Å². The molecule has 0 aliphatic heterocycles. The van der Waals surface area contributed by atoms with Gasteiger partial charge in [-0.05, 0) is 30.4 Å². The SMILES string of the molecule is C=C(CC(C)(C)CCC)S(=O)(=O)c1ccccc1. The summed E-state index contributed by atoms with van der Waals surface area (Å²) in [6, 6.07) is 8.51. The molecule has 0 N–H and O–H groups in total. The molecule has 0 fully saturated rings. The van der Waals surface area contributed by atoms with Crippen molar-refractivity contribution in [3.63, 3.8) is 0 Å². The van der Waals surface area contributed by atoms with Gasteiger partial charge in [0.05, 0.1) is 4.90 Å². The van der Waals surface area contributed by atoms with E-state index < -0.39 is 9.84 Å². The predicted molar refractivity (Wildman–Crippen MR) is 76.1 cm³/mol. The summed E-state index contributed by atoms with van der Waals surface area (Å²) in [6.07, 6.45) is 2.56. The van der Waals surface area contributed by atoms with Crippen molar-refractivity contribution >= 4 is 9.84 Å². The third-order valence-corrected chi connectivity index (χ3v) is 4.83. The van der Waals surface area contributed by atoms with E-state index in [1.807, 2.05) is 6.07 Å². The second-order valence-corrected chi connectivity index (χ2v) is 7.50. The molecule has 0 aliphatic carbocycles. The standard InChI is InChI=1S/C15H22O2S/c1-5-11-15(3,4)12-13(2)18(16,17)14-9-7-6-8-10-14/h6-10H,2,5,11-12H2,1,3-4H3. The second-order valence-electron chi connectivity index (χ2n) is 5.45. The maximum Gasteiger partial charge on any atom is 0.202 e. The molecule has 0 aliphatic rings. The Hall–Kier alpha value is -1.09. The number of hydrogen-bond donors (Lipinski definition) is 0. The van der Waals surface area contributed by atoms with Gasteiger partial charge in [-0.1, -0.05) is 52.0 Å². The molecule has 2 nitrogen and oxygen atoms in total. The van der Waals surface area contributed by atoms with Gasteiger partial charge in [-0.3, -0.25) is 0 Å². The van der Waals surface area contributed by atoms with Crippen LogP contribution in [0.25, 0.3) is 0 Å².